The number of hydrogen-bond acceptors (Lipinski definition) is 8. The third-order valence-electron chi connectivity index (χ3n) is 4.83. The van der Waals surface area contributed by atoms with Crippen LogP contribution in [0.5, 0.6) is 0 Å². The summed E-state index contributed by atoms with van der Waals surface area (Å²) in [5.41, 5.74) is 1.98. The molecule has 2 aromatic carbocycles. The van der Waals surface area contributed by atoms with E-state index in [-0.39, 0.29) is 13.2 Å². The summed E-state index contributed by atoms with van der Waals surface area (Å²) >= 11 is 7.72. The van der Waals surface area contributed by atoms with Gasteiger partial charge in [0.25, 0.3) is 0 Å². The number of rotatable bonds is 8. The molecule has 3 rings (SSSR count). The highest BCUT2D eigenvalue weighted by Crippen LogP contribution is 2.31. The first-order valence-corrected chi connectivity index (χ1v) is 12.5. The van der Waals surface area contributed by atoms with E-state index in [1.54, 1.807) is 64.3 Å². The molecular formula is C26H29ClN4O4S. The van der Waals surface area contributed by atoms with E-state index in [2.05, 4.69) is 10.1 Å². The maximum Gasteiger partial charge on any atom is 0.410 e. The molecule has 10 heteroatoms. The van der Waals surface area contributed by atoms with Crippen LogP contribution in [0, 0.1) is 0 Å². The normalized spacial score (nSPS) is 11.4. The number of esters is 1. The van der Waals surface area contributed by atoms with Crippen molar-refractivity contribution in [2.75, 3.05) is 32.3 Å². The number of hydrogen-bond donors (Lipinski definition) is 0. The lowest BCUT2D eigenvalue weighted by Gasteiger charge is -2.24. The highest BCUT2D eigenvalue weighted by atomic mass is 35.5. The summed E-state index contributed by atoms with van der Waals surface area (Å²) in [7, 11) is 3.37. The van der Waals surface area contributed by atoms with Gasteiger partial charge in [0, 0.05) is 35.6 Å². The minimum Gasteiger partial charge on any atom is -0.460 e. The van der Waals surface area contributed by atoms with Crippen molar-refractivity contribution >= 4 is 46.3 Å². The lowest BCUT2D eigenvalue weighted by atomic mass is 10.1. The van der Waals surface area contributed by atoms with Crippen LogP contribution in [0.15, 0.2) is 59.0 Å². The van der Waals surface area contributed by atoms with Crippen LogP contribution < -0.4 is 5.01 Å². The monoisotopic (exact) mass is 528 g/mol. The Bertz CT molecular complexity index is 1240. The zero-order valence-electron chi connectivity index (χ0n) is 20.9. The SMILES string of the molecule is CN(CCOC(=O)c1ccccc1/C=N/N(C)c1nc(-c2ccccc2Cl)cs1)C(=O)OC(C)(C)C. The van der Waals surface area contributed by atoms with E-state index in [1.807, 2.05) is 35.7 Å². The molecule has 36 heavy (non-hydrogen) atoms. The molecule has 1 amide bonds. The van der Waals surface area contributed by atoms with Crippen LogP contribution >= 0.6 is 22.9 Å². The Morgan fingerprint density at radius 2 is 1.81 bits per heavy atom. The topological polar surface area (TPSA) is 84.3 Å². The van der Waals surface area contributed by atoms with Gasteiger partial charge in [0.2, 0.25) is 5.13 Å². The summed E-state index contributed by atoms with van der Waals surface area (Å²) in [5, 5.41) is 9.30. The standard InChI is InChI=1S/C26H29ClN4O4S/c1-26(2,3)35-25(33)30(4)14-15-34-23(32)19-11-7-6-10-18(19)16-28-31(5)24-29-22(17-36-24)20-12-8-9-13-21(20)27/h6-13,16-17H,14-15H2,1-5H3/b28-16+. The van der Waals surface area contributed by atoms with E-state index >= 15 is 0 Å². The van der Waals surface area contributed by atoms with Gasteiger partial charge in [-0.15, -0.1) is 11.3 Å². The van der Waals surface area contributed by atoms with Crippen molar-refractivity contribution in [2.24, 2.45) is 5.10 Å². The molecule has 190 valence electrons. The number of hydrazone groups is 1. The van der Waals surface area contributed by atoms with Gasteiger partial charge in [-0.2, -0.15) is 5.10 Å². The highest BCUT2D eigenvalue weighted by Gasteiger charge is 2.20. The van der Waals surface area contributed by atoms with Crippen molar-refractivity contribution in [3.05, 3.63) is 70.1 Å². The molecule has 0 saturated carbocycles. The molecule has 0 aliphatic rings. The zero-order valence-corrected chi connectivity index (χ0v) is 22.5. The lowest BCUT2D eigenvalue weighted by Crippen LogP contribution is -2.36. The highest BCUT2D eigenvalue weighted by molar-refractivity contribution is 7.14. The van der Waals surface area contributed by atoms with Crippen molar-refractivity contribution in [2.45, 2.75) is 26.4 Å². The number of likely N-dealkylation sites (N-methyl/N-ethyl adjacent to an activating group) is 1. The summed E-state index contributed by atoms with van der Waals surface area (Å²) in [5.74, 6) is -0.507. The Kier molecular flexibility index (Phi) is 9.06. The summed E-state index contributed by atoms with van der Waals surface area (Å²) in [6, 6.07) is 14.5. The average molecular weight is 529 g/mol. The molecule has 0 aliphatic carbocycles. The molecule has 8 nitrogen and oxygen atoms in total. The number of ether oxygens (including phenoxy) is 2. The summed E-state index contributed by atoms with van der Waals surface area (Å²) in [6.45, 7) is 5.62. The predicted octanol–water partition coefficient (Wildman–Crippen LogP) is 5.96. The van der Waals surface area contributed by atoms with E-state index in [0.29, 0.717) is 21.3 Å². The van der Waals surface area contributed by atoms with E-state index in [4.69, 9.17) is 21.1 Å². The smallest absolute Gasteiger partial charge is 0.410 e. The molecule has 0 N–H and O–H groups in total. The van der Waals surface area contributed by atoms with Gasteiger partial charge in [0.05, 0.1) is 24.0 Å². The number of aromatic nitrogens is 1. The number of thiazole rings is 1. The number of carbonyl (C=O) groups excluding carboxylic acids is 2. The Hall–Kier alpha value is -3.43. The van der Waals surface area contributed by atoms with Crippen LogP contribution in [-0.2, 0) is 9.47 Å². The first-order valence-electron chi connectivity index (χ1n) is 11.2. The number of carbonyl (C=O) groups is 2. The van der Waals surface area contributed by atoms with Crippen LogP contribution in [-0.4, -0.2) is 61.0 Å². The minimum absolute atomic E-state index is 0.0316. The molecule has 0 unspecified atom stereocenters. The third kappa shape index (κ3) is 7.53. The Labute approximate surface area is 220 Å². The summed E-state index contributed by atoms with van der Waals surface area (Å²) in [4.78, 5) is 30.7. The maximum atomic E-state index is 12.7. The molecule has 0 atom stereocenters. The second kappa shape index (κ2) is 12.0. The number of benzene rings is 2. The largest absolute Gasteiger partial charge is 0.460 e. The van der Waals surface area contributed by atoms with Crippen molar-refractivity contribution in [3.63, 3.8) is 0 Å². The number of halogens is 1. The van der Waals surface area contributed by atoms with E-state index in [9.17, 15) is 9.59 Å². The van der Waals surface area contributed by atoms with E-state index < -0.39 is 17.7 Å². The second-order valence-electron chi connectivity index (χ2n) is 8.89. The van der Waals surface area contributed by atoms with Gasteiger partial charge in [-0.25, -0.2) is 19.6 Å². The van der Waals surface area contributed by atoms with Gasteiger partial charge < -0.3 is 14.4 Å². The van der Waals surface area contributed by atoms with Gasteiger partial charge in [-0.1, -0.05) is 48.0 Å². The molecular weight excluding hydrogens is 500 g/mol. The van der Waals surface area contributed by atoms with Crippen LogP contribution in [0.1, 0.15) is 36.7 Å². The zero-order chi connectivity index (χ0) is 26.3. The minimum atomic E-state index is -0.595. The number of amides is 1. The van der Waals surface area contributed by atoms with Crippen molar-refractivity contribution < 1.29 is 19.1 Å². The Morgan fingerprint density at radius 1 is 1.11 bits per heavy atom. The third-order valence-corrected chi connectivity index (χ3v) is 6.07. The summed E-state index contributed by atoms with van der Waals surface area (Å²) in [6.07, 6.45) is 1.11. The van der Waals surface area contributed by atoms with Crippen LogP contribution in [0.25, 0.3) is 11.3 Å². The first kappa shape index (κ1) is 27.2. The summed E-state index contributed by atoms with van der Waals surface area (Å²) < 4.78 is 10.7. The van der Waals surface area contributed by atoms with Crippen molar-refractivity contribution in [3.8, 4) is 11.3 Å². The fraction of sp³-hybridized carbons (Fsp3) is 0.308. The molecule has 0 aliphatic heterocycles. The van der Waals surface area contributed by atoms with Gasteiger partial charge in [-0.3, -0.25) is 0 Å². The van der Waals surface area contributed by atoms with Crippen LogP contribution in [0.2, 0.25) is 5.02 Å². The first-order chi connectivity index (χ1) is 17.0. The second-order valence-corrected chi connectivity index (χ2v) is 10.1. The number of nitrogens with zero attached hydrogens (tertiary/aromatic N) is 4. The molecule has 0 radical (unpaired) electrons. The molecule has 1 aromatic heterocycles. The Morgan fingerprint density at radius 3 is 2.53 bits per heavy atom. The lowest BCUT2D eigenvalue weighted by molar-refractivity contribution is 0.0217. The number of anilines is 1. The molecule has 0 saturated heterocycles. The Balaban J connectivity index is 1.62. The van der Waals surface area contributed by atoms with Crippen LogP contribution in [0.3, 0.4) is 0 Å². The molecule has 0 fully saturated rings. The predicted molar refractivity (Wildman–Crippen MR) is 144 cm³/mol. The van der Waals surface area contributed by atoms with E-state index in [0.717, 1.165) is 11.3 Å². The quantitative estimate of drug-likeness (QED) is 0.204. The van der Waals surface area contributed by atoms with Crippen LogP contribution in [0.4, 0.5) is 9.93 Å². The van der Waals surface area contributed by atoms with E-state index in [1.165, 1.54) is 16.2 Å². The maximum absolute atomic E-state index is 12.7. The molecule has 1 heterocycles. The average Bonchev–Trinajstić information content (AvgIpc) is 3.32. The van der Waals surface area contributed by atoms with Gasteiger partial charge in [-0.05, 0) is 32.9 Å². The van der Waals surface area contributed by atoms with Gasteiger partial charge in [0.1, 0.15) is 12.2 Å². The van der Waals surface area contributed by atoms with Crippen molar-refractivity contribution in [1.29, 1.82) is 0 Å². The fourth-order valence-electron chi connectivity index (χ4n) is 2.98. The molecule has 0 spiro atoms. The van der Waals surface area contributed by atoms with Gasteiger partial charge in [0.15, 0.2) is 0 Å². The molecule has 0 bridgehead atoms. The fourth-order valence-corrected chi connectivity index (χ4v) is 3.96. The van der Waals surface area contributed by atoms with Crippen molar-refractivity contribution in [1.82, 2.24) is 9.88 Å². The van der Waals surface area contributed by atoms with Gasteiger partial charge >= 0.3 is 12.1 Å². The molecule has 3 aromatic rings.